The minimum absolute atomic E-state index is 0.0669. The summed E-state index contributed by atoms with van der Waals surface area (Å²) in [6.07, 6.45) is 6.70. The number of nitrogens with zero attached hydrogens (tertiary/aromatic N) is 2. The second kappa shape index (κ2) is 9.32. The Kier molecular flexibility index (Phi) is 6.14. The second-order valence-corrected chi connectivity index (χ2v) is 7.90. The molecule has 0 spiro atoms. The molecule has 0 radical (unpaired) electrons. The van der Waals surface area contributed by atoms with Crippen molar-refractivity contribution in [3.8, 4) is 16.2 Å². The maximum absolute atomic E-state index is 13.1. The third kappa shape index (κ3) is 4.84. The Hall–Kier alpha value is -3.84. The number of rotatable bonds is 7. The lowest BCUT2D eigenvalue weighted by Crippen LogP contribution is -2.30. The topological polar surface area (TPSA) is 99.0 Å². The molecular formula is C24H20N4O2S. The van der Waals surface area contributed by atoms with Crippen molar-refractivity contribution in [1.82, 2.24) is 15.3 Å². The van der Waals surface area contributed by atoms with E-state index in [0.29, 0.717) is 22.4 Å². The lowest BCUT2D eigenvalue weighted by atomic mass is 9.97. The van der Waals surface area contributed by atoms with E-state index < -0.39 is 6.04 Å². The molecule has 0 aliphatic carbocycles. The summed E-state index contributed by atoms with van der Waals surface area (Å²) in [5.41, 5.74) is 2.81. The first-order valence-electron chi connectivity index (χ1n) is 9.67. The van der Waals surface area contributed by atoms with Gasteiger partial charge in [-0.3, -0.25) is 14.8 Å². The number of nitrogens with one attached hydrogen (secondary N) is 2. The van der Waals surface area contributed by atoms with Gasteiger partial charge in [-0.2, -0.15) is 0 Å². The van der Waals surface area contributed by atoms with Crippen molar-refractivity contribution in [1.29, 1.82) is 5.41 Å². The summed E-state index contributed by atoms with van der Waals surface area (Å²) in [6, 6.07) is 15.5. The zero-order valence-corrected chi connectivity index (χ0v) is 17.3. The summed E-state index contributed by atoms with van der Waals surface area (Å²) in [5.74, 6) is -0.254. The molecule has 6 nitrogen and oxygen atoms in total. The Balaban J connectivity index is 1.60. The highest BCUT2D eigenvalue weighted by atomic mass is 32.1. The van der Waals surface area contributed by atoms with Crippen LogP contribution in [0.25, 0.3) is 10.4 Å². The van der Waals surface area contributed by atoms with E-state index in [9.17, 15) is 9.90 Å². The highest BCUT2D eigenvalue weighted by molar-refractivity contribution is 7.13. The van der Waals surface area contributed by atoms with Crippen LogP contribution in [0.15, 0.2) is 84.8 Å². The Morgan fingerprint density at radius 3 is 2.61 bits per heavy atom. The van der Waals surface area contributed by atoms with Gasteiger partial charge in [-0.1, -0.05) is 30.3 Å². The number of phenols is 1. The number of aromatic hydroxyl groups is 1. The smallest absolute Gasteiger partial charge is 0.253 e. The summed E-state index contributed by atoms with van der Waals surface area (Å²) in [4.78, 5) is 22.4. The van der Waals surface area contributed by atoms with Crippen molar-refractivity contribution < 1.29 is 9.90 Å². The fourth-order valence-electron chi connectivity index (χ4n) is 3.27. The highest BCUT2D eigenvalue weighted by Crippen LogP contribution is 2.28. The van der Waals surface area contributed by atoms with Crippen LogP contribution in [-0.2, 0) is 0 Å². The van der Waals surface area contributed by atoms with E-state index in [1.165, 1.54) is 6.20 Å². The van der Waals surface area contributed by atoms with Gasteiger partial charge < -0.3 is 15.8 Å². The van der Waals surface area contributed by atoms with E-state index in [1.807, 2.05) is 17.5 Å². The third-order valence-corrected chi connectivity index (χ3v) is 5.76. The fraction of sp³-hybridized carbons (Fsp3) is 0.0833. The van der Waals surface area contributed by atoms with Gasteiger partial charge >= 0.3 is 0 Å². The van der Waals surface area contributed by atoms with Crippen molar-refractivity contribution in [2.24, 2.45) is 0 Å². The molecule has 3 heterocycles. The van der Waals surface area contributed by atoms with E-state index in [-0.39, 0.29) is 18.1 Å². The Labute approximate surface area is 183 Å². The number of hydrogen-bond donors (Lipinski definition) is 3. The van der Waals surface area contributed by atoms with Crippen molar-refractivity contribution >= 4 is 23.0 Å². The predicted molar refractivity (Wildman–Crippen MR) is 122 cm³/mol. The monoisotopic (exact) mass is 428 g/mol. The molecule has 0 saturated carbocycles. The molecule has 3 N–H and O–H groups in total. The molecule has 1 unspecified atom stereocenters. The molecule has 1 aromatic carbocycles. The van der Waals surface area contributed by atoms with Gasteiger partial charge in [-0.05, 0) is 29.6 Å². The molecule has 7 heteroatoms. The lowest BCUT2D eigenvalue weighted by Gasteiger charge is -2.21. The number of amides is 1. The van der Waals surface area contributed by atoms with E-state index >= 15 is 0 Å². The molecule has 0 saturated heterocycles. The van der Waals surface area contributed by atoms with Crippen LogP contribution in [0.1, 0.15) is 33.9 Å². The summed E-state index contributed by atoms with van der Waals surface area (Å²) in [5, 5.41) is 23.8. The Bertz CT molecular complexity index is 1190. The standard InChI is InChI=1S/C24H20N4O2S/c25-20(16-5-3-9-26-13-16)12-21(19-6-1-2-7-22(19)29)28-24(30)18-11-17(14-27-15-18)23-8-4-10-31-23/h1-11,13-15,21,25,29H,12H2,(H,28,30). The van der Waals surface area contributed by atoms with E-state index in [1.54, 1.807) is 72.4 Å². The lowest BCUT2D eigenvalue weighted by molar-refractivity contribution is 0.0937. The molecule has 4 aromatic rings. The van der Waals surface area contributed by atoms with Gasteiger partial charge in [-0.25, -0.2) is 0 Å². The molecule has 3 aromatic heterocycles. The molecule has 0 bridgehead atoms. The largest absolute Gasteiger partial charge is 0.508 e. The first-order valence-corrected chi connectivity index (χ1v) is 10.6. The number of aromatic nitrogens is 2. The number of carbonyl (C=O) groups excluding carboxylic acids is 1. The highest BCUT2D eigenvalue weighted by Gasteiger charge is 2.21. The minimum Gasteiger partial charge on any atom is -0.508 e. The maximum atomic E-state index is 13.1. The van der Waals surface area contributed by atoms with Gasteiger partial charge in [0.05, 0.1) is 11.6 Å². The quantitative estimate of drug-likeness (QED) is 0.367. The Morgan fingerprint density at radius 2 is 1.87 bits per heavy atom. The first kappa shape index (κ1) is 20.4. The molecule has 0 aliphatic rings. The van der Waals surface area contributed by atoms with Crippen molar-refractivity contribution in [2.45, 2.75) is 12.5 Å². The summed E-state index contributed by atoms with van der Waals surface area (Å²) in [6.45, 7) is 0. The van der Waals surface area contributed by atoms with E-state index in [2.05, 4.69) is 15.3 Å². The number of phenolic OH excluding ortho intramolecular Hbond substituents is 1. The van der Waals surface area contributed by atoms with Crippen molar-refractivity contribution in [3.05, 3.63) is 101 Å². The van der Waals surface area contributed by atoms with Gasteiger partial charge in [0.15, 0.2) is 0 Å². The molecule has 1 atom stereocenters. The SMILES string of the molecule is N=C(CC(NC(=O)c1cncc(-c2cccs2)c1)c1ccccc1O)c1cccnc1. The molecule has 0 fully saturated rings. The van der Waals surface area contributed by atoms with Gasteiger partial charge in [0.2, 0.25) is 0 Å². The van der Waals surface area contributed by atoms with Crippen LogP contribution in [-0.4, -0.2) is 26.7 Å². The van der Waals surface area contributed by atoms with Crippen LogP contribution < -0.4 is 5.32 Å². The molecular weight excluding hydrogens is 408 g/mol. The third-order valence-electron chi connectivity index (χ3n) is 4.84. The number of carbonyl (C=O) groups is 1. The number of pyridine rings is 2. The average Bonchev–Trinajstić information content (AvgIpc) is 3.35. The van der Waals surface area contributed by atoms with Crippen molar-refractivity contribution in [2.75, 3.05) is 0 Å². The molecule has 1 amide bonds. The van der Waals surface area contributed by atoms with Crippen LogP contribution in [0.2, 0.25) is 0 Å². The van der Waals surface area contributed by atoms with Gasteiger partial charge in [-0.15, -0.1) is 11.3 Å². The zero-order chi connectivity index (χ0) is 21.6. The normalized spacial score (nSPS) is 11.6. The first-order chi connectivity index (χ1) is 15.1. The zero-order valence-electron chi connectivity index (χ0n) is 16.5. The average molecular weight is 429 g/mol. The number of thiophene rings is 1. The van der Waals surface area contributed by atoms with Crippen LogP contribution in [0, 0.1) is 5.41 Å². The molecule has 0 aliphatic heterocycles. The fourth-order valence-corrected chi connectivity index (χ4v) is 3.98. The summed E-state index contributed by atoms with van der Waals surface area (Å²) >= 11 is 1.58. The molecule has 31 heavy (non-hydrogen) atoms. The van der Waals surface area contributed by atoms with Crippen LogP contribution in [0.3, 0.4) is 0 Å². The second-order valence-electron chi connectivity index (χ2n) is 6.95. The van der Waals surface area contributed by atoms with Crippen LogP contribution >= 0.6 is 11.3 Å². The molecule has 4 rings (SSSR count). The van der Waals surface area contributed by atoms with E-state index in [0.717, 1.165) is 10.4 Å². The molecule has 154 valence electrons. The number of hydrogen-bond acceptors (Lipinski definition) is 6. The number of para-hydroxylation sites is 1. The van der Waals surface area contributed by atoms with Crippen LogP contribution in [0.5, 0.6) is 5.75 Å². The summed E-state index contributed by atoms with van der Waals surface area (Å²) in [7, 11) is 0. The van der Waals surface area contributed by atoms with E-state index in [4.69, 9.17) is 5.41 Å². The van der Waals surface area contributed by atoms with Gasteiger partial charge in [0.25, 0.3) is 5.91 Å². The summed E-state index contributed by atoms with van der Waals surface area (Å²) < 4.78 is 0. The van der Waals surface area contributed by atoms with Crippen molar-refractivity contribution in [3.63, 3.8) is 0 Å². The van der Waals surface area contributed by atoms with Gasteiger partial charge in [0.1, 0.15) is 5.75 Å². The van der Waals surface area contributed by atoms with Gasteiger partial charge in [0, 0.05) is 58.5 Å². The van der Waals surface area contributed by atoms with Crippen LogP contribution in [0.4, 0.5) is 0 Å². The Morgan fingerprint density at radius 1 is 1.03 bits per heavy atom. The minimum atomic E-state index is -0.591. The number of benzene rings is 1. The predicted octanol–water partition coefficient (Wildman–Crippen LogP) is 4.84. The maximum Gasteiger partial charge on any atom is 0.253 e.